The van der Waals surface area contributed by atoms with Crippen molar-refractivity contribution in [3.63, 3.8) is 0 Å². The highest BCUT2D eigenvalue weighted by Gasteiger charge is 2.36. The summed E-state index contributed by atoms with van der Waals surface area (Å²) in [6.07, 6.45) is 1.02. The van der Waals surface area contributed by atoms with E-state index in [4.69, 9.17) is 4.52 Å². The van der Waals surface area contributed by atoms with Crippen molar-refractivity contribution in [1.82, 2.24) is 10.1 Å². The van der Waals surface area contributed by atoms with Crippen LogP contribution < -0.4 is 10.6 Å². The molecule has 2 aromatic carbocycles. The third-order valence-corrected chi connectivity index (χ3v) is 5.08. The number of nitrogens with one attached hydrogen (secondary N) is 2. The second kappa shape index (κ2) is 8.88. The number of halogens is 1. The standard InChI is InChI=1S/C22H19FN4O5/c23-15-4-1-2-5-16(15)25-22(31)24-14-9-7-13(8-10-14)17-12-19(32-26-17)20(28)27-11-3-6-18(27)21(29)30/h1-2,4-5,7-10,12,18H,3,6,11H2,(H,29,30)(H2,24,25,31)/t18-/m1/s1. The van der Waals surface area contributed by atoms with Crippen molar-refractivity contribution in [1.29, 1.82) is 0 Å². The van der Waals surface area contributed by atoms with Crippen molar-refractivity contribution < 1.29 is 28.4 Å². The van der Waals surface area contributed by atoms with Crippen LogP contribution in [0.5, 0.6) is 0 Å². The maximum absolute atomic E-state index is 13.6. The van der Waals surface area contributed by atoms with Gasteiger partial charge in [0.05, 0.1) is 5.69 Å². The number of rotatable bonds is 5. The molecule has 0 radical (unpaired) electrons. The van der Waals surface area contributed by atoms with E-state index in [0.29, 0.717) is 36.3 Å². The summed E-state index contributed by atoms with van der Waals surface area (Å²) in [5, 5.41) is 18.2. The minimum atomic E-state index is -1.04. The number of hydrogen-bond donors (Lipinski definition) is 3. The van der Waals surface area contributed by atoms with Crippen molar-refractivity contribution in [2.24, 2.45) is 0 Å². The van der Waals surface area contributed by atoms with E-state index >= 15 is 0 Å². The van der Waals surface area contributed by atoms with Gasteiger partial charge in [-0.15, -0.1) is 0 Å². The normalized spacial score (nSPS) is 15.4. The lowest BCUT2D eigenvalue weighted by Crippen LogP contribution is -2.40. The highest BCUT2D eigenvalue weighted by molar-refractivity contribution is 6.00. The smallest absolute Gasteiger partial charge is 0.326 e. The maximum Gasteiger partial charge on any atom is 0.326 e. The van der Waals surface area contributed by atoms with Gasteiger partial charge < -0.3 is 25.2 Å². The number of amides is 3. The third-order valence-electron chi connectivity index (χ3n) is 5.08. The maximum atomic E-state index is 13.6. The molecule has 0 bridgehead atoms. The van der Waals surface area contributed by atoms with Crippen LogP contribution in [-0.2, 0) is 4.79 Å². The molecule has 1 atom stereocenters. The van der Waals surface area contributed by atoms with E-state index in [1.54, 1.807) is 30.3 Å². The van der Waals surface area contributed by atoms with Gasteiger partial charge in [0, 0.05) is 23.9 Å². The Morgan fingerprint density at radius 2 is 1.84 bits per heavy atom. The summed E-state index contributed by atoms with van der Waals surface area (Å²) in [4.78, 5) is 37.3. The van der Waals surface area contributed by atoms with Gasteiger partial charge in [0.15, 0.2) is 0 Å². The van der Waals surface area contributed by atoms with Crippen LogP contribution >= 0.6 is 0 Å². The number of aromatic nitrogens is 1. The molecule has 0 aliphatic carbocycles. The molecule has 0 saturated carbocycles. The molecule has 3 aromatic rings. The van der Waals surface area contributed by atoms with Crippen LogP contribution in [0.2, 0.25) is 0 Å². The molecular formula is C22H19FN4O5. The Labute approximate surface area is 181 Å². The molecule has 1 aromatic heterocycles. The molecule has 3 N–H and O–H groups in total. The van der Waals surface area contributed by atoms with Gasteiger partial charge in [-0.2, -0.15) is 0 Å². The van der Waals surface area contributed by atoms with Crippen molar-refractivity contribution >= 4 is 29.3 Å². The lowest BCUT2D eigenvalue weighted by Gasteiger charge is -2.19. The van der Waals surface area contributed by atoms with Crippen LogP contribution in [0.25, 0.3) is 11.3 Å². The van der Waals surface area contributed by atoms with Crippen LogP contribution in [0, 0.1) is 5.82 Å². The predicted octanol–water partition coefficient (Wildman–Crippen LogP) is 3.81. The first kappa shape index (κ1) is 21.0. The second-order valence-corrected chi connectivity index (χ2v) is 7.21. The number of carboxylic acids is 1. The predicted molar refractivity (Wildman–Crippen MR) is 113 cm³/mol. The van der Waals surface area contributed by atoms with Crippen molar-refractivity contribution in [2.45, 2.75) is 18.9 Å². The van der Waals surface area contributed by atoms with Crippen molar-refractivity contribution in [3.05, 3.63) is 66.2 Å². The number of carbonyl (C=O) groups excluding carboxylic acids is 2. The van der Waals surface area contributed by atoms with Gasteiger partial charge in [0.2, 0.25) is 5.76 Å². The Kier molecular flexibility index (Phi) is 5.84. The molecule has 1 fully saturated rings. The molecule has 10 heteroatoms. The first-order valence-electron chi connectivity index (χ1n) is 9.86. The molecule has 32 heavy (non-hydrogen) atoms. The second-order valence-electron chi connectivity index (χ2n) is 7.21. The number of carbonyl (C=O) groups is 3. The Morgan fingerprint density at radius 1 is 1.09 bits per heavy atom. The fourth-order valence-electron chi connectivity index (χ4n) is 3.49. The molecule has 3 amide bonds. The van der Waals surface area contributed by atoms with E-state index in [1.165, 1.54) is 29.2 Å². The summed E-state index contributed by atoms with van der Waals surface area (Å²) in [6, 6.07) is 12.4. The summed E-state index contributed by atoms with van der Waals surface area (Å²) < 4.78 is 18.8. The first-order valence-corrected chi connectivity index (χ1v) is 9.86. The Balaban J connectivity index is 1.41. The average molecular weight is 438 g/mol. The fourth-order valence-corrected chi connectivity index (χ4v) is 3.49. The lowest BCUT2D eigenvalue weighted by atomic mass is 10.1. The Morgan fingerprint density at radius 3 is 2.56 bits per heavy atom. The van der Waals surface area contributed by atoms with Gasteiger partial charge in [-0.1, -0.05) is 29.4 Å². The number of likely N-dealkylation sites (tertiary alicyclic amines) is 1. The van der Waals surface area contributed by atoms with Gasteiger partial charge in [0.25, 0.3) is 5.91 Å². The first-order chi connectivity index (χ1) is 15.4. The molecule has 1 aliphatic heterocycles. The van der Waals surface area contributed by atoms with Gasteiger partial charge in [-0.3, -0.25) is 4.79 Å². The number of urea groups is 1. The van der Waals surface area contributed by atoms with E-state index < -0.39 is 29.8 Å². The number of carboxylic acid groups (broad SMARTS) is 1. The molecule has 1 saturated heterocycles. The largest absolute Gasteiger partial charge is 0.480 e. The van der Waals surface area contributed by atoms with Crippen molar-refractivity contribution in [3.8, 4) is 11.3 Å². The molecule has 164 valence electrons. The fraction of sp³-hybridized carbons (Fsp3) is 0.182. The average Bonchev–Trinajstić information content (AvgIpc) is 3.46. The van der Waals surface area contributed by atoms with Crippen LogP contribution in [0.1, 0.15) is 23.4 Å². The molecule has 0 spiro atoms. The summed E-state index contributed by atoms with van der Waals surface area (Å²) >= 11 is 0. The van der Waals surface area contributed by atoms with Crippen LogP contribution in [0.15, 0.2) is 59.1 Å². The monoisotopic (exact) mass is 438 g/mol. The number of benzene rings is 2. The zero-order valence-electron chi connectivity index (χ0n) is 16.7. The summed E-state index contributed by atoms with van der Waals surface area (Å²) in [7, 11) is 0. The topological polar surface area (TPSA) is 125 Å². The summed E-state index contributed by atoms with van der Waals surface area (Å²) in [5.41, 5.74) is 1.54. The minimum Gasteiger partial charge on any atom is -0.480 e. The Bertz CT molecular complexity index is 1160. The lowest BCUT2D eigenvalue weighted by molar-refractivity contribution is -0.141. The quantitative estimate of drug-likeness (QED) is 0.556. The van der Waals surface area contributed by atoms with E-state index in [0.717, 1.165) is 0 Å². The van der Waals surface area contributed by atoms with Crippen molar-refractivity contribution in [2.75, 3.05) is 17.2 Å². The number of anilines is 2. The summed E-state index contributed by atoms with van der Waals surface area (Å²) in [6.45, 7) is 0.348. The van der Waals surface area contributed by atoms with Crippen LogP contribution in [0.3, 0.4) is 0 Å². The molecule has 1 aliphatic rings. The van der Waals surface area contributed by atoms with Gasteiger partial charge in [-0.25, -0.2) is 14.0 Å². The van der Waals surface area contributed by atoms with Crippen LogP contribution in [0.4, 0.5) is 20.6 Å². The van der Waals surface area contributed by atoms with Gasteiger partial charge >= 0.3 is 12.0 Å². The highest BCUT2D eigenvalue weighted by Crippen LogP contribution is 2.25. The molecule has 9 nitrogen and oxygen atoms in total. The van der Waals surface area contributed by atoms with Gasteiger partial charge in [0.1, 0.15) is 17.6 Å². The minimum absolute atomic E-state index is 0.0420. The molecular weight excluding hydrogens is 419 g/mol. The third kappa shape index (κ3) is 4.43. The zero-order valence-corrected chi connectivity index (χ0v) is 16.7. The van der Waals surface area contributed by atoms with E-state index in [2.05, 4.69) is 15.8 Å². The highest BCUT2D eigenvalue weighted by atomic mass is 19.1. The summed E-state index contributed by atoms with van der Waals surface area (Å²) in [5.74, 6) is -2.15. The Hall–Kier alpha value is -4.21. The van der Waals surface area contributed by atoms with E-state index in [9.17, 15) is 23.9 Å². The number of nitrogens with zero attached hydrogens (tertiary/aromatic N) is 2. The van der Waals surface area contributed by atoms with E-state index in [-0.39, 0.29) is 11.4 Å². The molecule has 4 rings (SSSR count). The van der Waals surface area contributed by atoms with Crippen LogP contribution in [-0.4, -0.2) is 45.7 Å². The van der Waals surface area contributed by atoms with E-state index in [1.807, 2.05) is 0 Å². The number of hydrogen-bond acceptors (Lipinski definition) is 5. The number of para-hydroxylation sites is 1. The zero-order chi connectivity index (χ0) is 22.7. The molecule has 0 unspecified atom stereocenters. The molecule has 2 heterocycles. The number of aliphatic carboxylic acids is 1. The van der Waals surface area contributed by atoms with Gasteiger partial charge in [-0.05, 0) is 37.1 Å². The SMILES string of the molecule is O=C(Nc1ccc(-c2cc(C(=O)N3CCC[C@@H]3C(=O)O)on2)cc1)Nc1ccccc1F.